The van der Waals surface area contributed by atoms with E-state index in [1.54, 1.807) is 0 Å². The molecule has 0 bridgehead atoms. The molecule has 0 spiro atoms. The summed E-state index contributed by atoms with van der Waals surface area (Å²) in [6, 6.07) is 22.0. The van der Waals surface area contributed by atoms with Gasteiger partial charge in [-0.2, -0.15) is 0 Å². The van der Waals surface area contributed by atoms with Crippen molar-refractivity contribution >= 4 is 29.1 Å². The quantitative estimate of drug-likeness (QED) is 0.719. The van der Waals surface area contributed by atoms with Gasteiger partial charge in [0, 0.05) is 5.56 Å². The van der Waals surface area contributed by atoms with Crippen molar-refractivity contribution in [3.05, 3.63) is 83.4 Å². The molecule has 130 valence electrons. The molecule has 3 aromatic carbocycles. The van der Waals surface area contributed by atoms with Crippen LogP contribution in [0.3, 0.4) is 0 Å². The van der Waals surface area contributed by atoms with Crippen LogP contribution in [0.1, 0.15) is 34.5 Å². The minimum absolute atomic E-state index is 0. The van der Waals surface area contributed by atoms with E-state index in [9.17, 15) is 4.79 Å². The first-order valence-corrected chi connectivity index (χ1v) is 8.27. The average Bonchev–Trinajstić information content (AvgIpc) is 2.62. The number of rotatable bonds is 5. The van der Waals surface area contributed by atoms with Gasteiger partial charge in [-0.15, -0.1) is 12.4 Å². The molecule has 4 heteroatoms. The molecule has 0 saturated carbocycles. The van der Waals surface area contributed by atoms with Gasteiger partial charge in [-0.1, -0.05) is 60.7 Å². The first-order valence-electron chi connectivity index (χ1n) is 8.27. The number of carbonyl (C=O) groups excluding carboxylic acids is 1. The highest BCUT2D eigenvalue weighted by molar-refractivity contribution is 5.96. The van der Waals surface area contributed by atoms with Crippen LogP contribution in [0.25, 0.3) is 10.8 Å². The predicted octanol–water partition coefficient (Wildman–Crippen LogP) is 4.25. The molecule has 0 aliphatic rings. The van der Waals surface area contributed by atoms with Gasteiger partial charge in [-0.25, -0.2) is 0 Å². The van der Waals surface area contributed by atoms with Crippen molar-refractivity contribution in [1.82, 2.24) is 5.32 Å². The van der Waals surface area contributed by atoms with Gasteiger partial charge in [-0.05, 0) is 47.9 Å². The summed E-state index contributed by atoms with van der Waals surface area (Å²) in [5.74, 6) is -0.0560. The minimum Gasteiger partial charge on any atom is -0.345 e. The fourth-order valence-corrected chi connectivity index (χ4v) is 3.10. The van der Waals surface area contributed by atoms with E-state index in [1.807, 2.05) is 49.4 Å². The third-order valence-electron chi connectivity index (χ3n) is 4.31. The van der Waals surface area contributed by atoms with Crippen molar-refractivity contribution in [2.24, 2.45) is 5.73 Å². The number of benzene rings is 3. The molecule has 0 heterocycles. The van der Waals surface area contributed by atoms with Crippen molar-refractivity contribution in [2.45, 2.75) is 19.4 Å². The van der Waals surface area contributed by atoms with Crippen LogP contribution in [-0.4, -0.2) is 12.5 Å². The lowest BCUT2D eigenvalue weighted by molar-refractivity contribution is 0.0939. The summed E-state index contributed by atoms with van der Waals surface area (Å²) in [5.41, 5.74) is 8.47. The first kappa shape index (κ1) is 19.0. The van der Waals surface area contributed by atoms with Gasteiger partial charge in [0.1, 0.15) is 0 Å². The molecule has 0 saturated heterocycles. The lowest BCUT2D eigenvalue weighted by atomic mass is 9.98. The Kier molecular flexibility index (Phi) is 6.57. The number of nitrogens with two attached hydrogens (primary N) is 1. The summed E-state index contributed by atoms with van der Waals surface area (Å²) in [6.07, 6.45) is 0.701. The highest BCUT2D eigenvalue weighted by atomic mass is 35.5. The molecule has 1 unspecified atom stereocenters. The smallest absolute Gasteiger partial charge is 0.252 e. The molecule has 3 rings (SSSR count). The Morgan fingerprint density at radius 1 is 1.00 bits per heavy atom. The largest absolute Gasteiger partial charge is 0.345 e. The van der Waals surface area contributed by atoms with E-state index >= 15 is 0 Å². The maximum absolute atomic E-state index is 12.7. The minimum atomic E-state index is -0.0745. The summed E-state index contributed by atoms with van der Waals surface area (Å²) >= 11 is 0. The number of nitrogens with one attached hydrogen (secondary N) is 1. The Morgan fingerprint density at radius 2 is 1.68 bits per heavy atom. The van der Waals surface area contributed by atoms with Gasteiger partial charge < -0.3 is 11.1 Å². The van der Waals surface area contributed by atoms with Gasteiger partial charge in [0.25, 0.3) is 5.91 Å². The molecule has 0 aliphatic heterocycles. The van der Waals surface area contributed by atoms with E-state index in [2.05, 4.69) is 29.6 Å². The normalized spacial score (nSPS) is 11.6. The van der Waals surface area contributed by atoms with Crippen molar-refractivity contribution in [2.75, 3.05) is 6.54 Å². The van der Waals surface area contributed by atoms with Crippen LogP contribution in [-0.2, 0) is 6.42 Å². The van der Waals surface area contributed by atoms with Crippen LogP contribution in [0.4, 0.5) is 0 Å². The number of hydrogen-bond donors (Lipinski definition) is 2. The molecule has 0 aliphatic carbocycles. The Labute approximate surface area is 154 Å². The Balaban J connectivity index is 0.00000225. The molecule has 0 aromatic heterocycles. The van der Waals surface area contributed by atoms with Crippen LogP contribution >= 0.6 is 12.4 Å². The molecular formula is C21H23ClN2O. The second kappa shape index (κ2) is 8.65. The van der Waals surface area contributed by atoms with Crippen molar-refractivity contribution in [3.8, 4) is 0 Å². The highest BCUT2D eigenvalue weighted by Gasteiger charge is 2.15. The molecule has 25 heavy (non-hydrogen) atoms. The third kappa shape index (κ3) is 4.19. The van der Waals surface area contributed by atoms with Crippen LogP contribution in [0.15, 0.2) is 66.7 Å². The molecule has 1 atom stereocenters. The maximum Gasteiger partial charge on any atom is 0.252 e. The lowest BCUT2D eigenvalue weighted by Gasteiger charge is -2.18. The molecule has 1 amide bonds. The summed E-state index contributed by atoms with van der Waals surface area (Å²) in [7, 11) is 0. The zero-order valence-corrected chi connectivity index (χ0v) is 15.1. The van der Waals surface area contributed by atoms with E-state index in [4.69, 9.17) is 5.73 Å². The zero-order valence-electron chi connectivity index (χ0n) is 14.2. The molecule has 0 fully saturated rings. The Bertz CT molecular complexity index is 858. The monoisotopic (exact) mass is 354 g/mol. The predicted molar refractivity (Wildman–Crippen MR) is 106 cm³/mol. The SMILES string of the molecule is CC(NC(=O)c1ccccc1CCN)c1cccc2ccccc12.Cl. The lowest BCUT2D eigenvalue weighted by Crippen LogP contribution is -2.28. The average molecular weight is 355 g/mol. The van der Waals surface area contributed by atoms with E-state index in [0.717, 1.165) is 11.1 Å². The van der Waals surface area contributed by atoms with E-state index in [1.165, 1.54) is 10.8 Å². The highest BCUT2D eigenvalue weighted by Crippen LogP contribution is 2.24. The third-order valence-corrected chi connectivity index (χ3v) is 4.31. The number of halogens is 1. The summed E-state index contributed by atoms with van der Waals surface area (Å²) < 4.78 is 0. The summed E-state index contributed by atoms with van der Waals surface area (Å²) in [6.45, 7) is 2.55. The molecule has 3 N–H and O–H groups in total. The van der Waals surface area contributed by atoms with E-state index in [0.29, 0.717) is 18.5 Å². The summed E-state index contributed by atoms with van der Waals surface area (Å²) in [5, 5.41) is 5.47. The van der Waals surface area contributed by atoms with Crippen LogP contribution < -0.4 is 11.1 Å². The first-order chi connectivity index (χ1) is 11.7. The standard InChI is InChI=1S/C21H22N2O.ClH/c1-15(18-12-6-9-16-7-2-4-10-19(16)18)23-21(24)20-11-5-3-8-17(20)13-14-22;/h2-12,15H,13-14,22H2,1H3,(H,23,24);1H. The second-order valence-electron chi connectivity index (χ2n) is 5.96. The number of carbonyl (C=O) groups is 1. The van der Waals surface area contributed by atoms with Gasteiger partial charge >= 0.3 is 0 Å². The van der Waals surface area contributed by atoms with Crippen LogP contribution in [0.5, 0.6) is 0 Å². The molecule has 3 nitrogen and oxygen atoms in total. The van der Waals surface area contributed by atoms with Gasteiger partial charge in [0.05, 0.1) is 6.04 Å². The van der Waals surface area contributed by atoms with Crippen molar-refractivity contribution < 1.29 is 4.79 Å². The van der Waals surface area contributed by atoms with Crippen molar-refractivity contribution in [1.29, 1.82) is 0 Å². The maximum atomic E-state index is 12.7. The van der Waals surface area contributed by atoms with Gasteiger partial charge in [0.15, 0.2) is 0 Å². The van der Waals surface area contributed by atoms with Crippen LogP contribution in [0, 0.1) is 0 Å². The fraction of sp³-hybridized carbons (Fsp3) is 0.190. The molecular weight excluding hydrogens is 332 g/mol. The number of amides is 1. The Morgan fingerprint density at radius 3 is 2.48 bits per heavy atom. The summed E-state index contributed by atoms with van der Waals surface area (Å²) in [4.78, 5) is 12.7. The van der Waals surface area contributed by atoms with E-state index < -0.39 is 0 Å². The van der Waals surface area contributed by atoms with Crippen molar-refractivity contribution in [3.63, 3.8) is 0 Å². The van der Waals surface area contributed by atoms with Crippen LogP contribution in [0.2, 0.25) is 0 Å². The van der Waals surface area contributed by atoms with E-state index in [-0.39, 0.29) is 24.4 Å². The number of hydrogen-bond acceptors (Lipinski definition) is 2. The molecule has 3 aromatic rings. The Hall–Kier alpha value is -2.36. The van der Waals surface area contributed by atoms with Gasteiger partial charge in [0.2, 0.25) is 0 Å². The second-order valence-corrected chi connectivity index (χ2v) is 5.96. The topological polar surface area (TPSA) is 55.1 Å². The van der Waals surface area contributed by atoms with Gasteiger partial charge in [-0.3, -0.25) is 4.79 Å². The number of fused-ring (bicyclic) bond motifs is 1. The fourth-order valence-electron chi connectivity index (χ4n) is 3.10. The zero-order chi connectivity index (χ0) is 16.9. The molecule has 0 radical (unpaired) electrons.